The third-order valence-corrected chi connectivity index (χ3v) is 3.98. The van der Waals surface area contributed by atoms with Gasteiger partial charge >= 0.3 is 0 Å². The van der Waals surface area contributed by atoms with Gasteiger partial charge in [0.1, 0.15) is 0 Å². The molecule has 0 aliphatic heterocycles. The number of hydrogen-bond acceptors (Lipinski definition) is 4. The summed E-state index contributed by atoms with van der Waals surface area (Å²) in [6.07, 6.45) is 2.11. The highest BCUT2D eigenvalue weighted by Gasteiger charge is 2.07. The Balaban J connectivity index is 1.75. The Kier molecular flexibility index (Phi) is 5.40. The minimum absolute atomic E-state index is 0.750. The van der Waals surface area contributed by atoms with Crippen LogP contribution in [0.15, 0.2) is 48.5 Å². The zero-order chi connectivity index (χ0) is 15.9. The topological polar surface area (TPSA) is 63.0 Å². The van der Waals surface area contributed by atoms with Crippen LogP contribution in [0, 0.1) is 0 Å². The van der Waals surface area contributed by atoms with Gasteiger partial charge in [-0.3, -0.25) is 0 Å². The quantitative estimate of drug-likeness (QED) is 0.442. The molecular formula is C19H24N4. The van der Waals surface area contributed by atoms with Crippen molar-refractivity contribution >= 4 is 27.5 Å². The first-order valence-electron chi connectivity index (χ1n) is 8.32. The second-order valence-electron chi connectivity index (χ2n) is 5.69. The molecule has 0 aliphatic rings. The largest absolute Gasteiger partial charge is 0.384 e. The molecule has 0 atom stereocenters. The van der Waals surface area contributed by atoms with Gasteiger partial charge in [-0.05, 0) is 44.6 Å². The highest BCUT2D eigenvalue weighted by Crippen LogP contribution is 2.30. The molecule has 4 nitrogen and oxygen atoms in total. The molecule has 3 rings (SSSR count). The SMILES string of the molecule is NCCCNCCCNc1c2ccccc2nc2ccccc12. The zero-order valence-electron chi connectivity index (χ0n) is 13.4. The number of nitrogens with one attached hydrogen (secondary N) is 2. The number of aromatic nitrogens is 1. The lowest BCUT2D eigenvalue weighted by atomic mass is 10.1. The van der Waals surface area contributed by atoms with E-state index in [0.717, 1.165) is 50.1 Å². The van der Waals surface area contributed by atoms with Crippen molar-refractivity contribution in [3.05, 3.63) is 48.5 Å². The average molecular weight is 308 g/mol. The number of para-hydroxylation sites is 2. The molecule has 0 radical (unpaired) electrons. The standard InChI is InChI=1S/C19H24N4/c20-11-5-12-21-13-6-14-22-19-15-7-1-3-9-17(15)23-18-10-4-2-8-16(18)19/h1-4,7-10,21H,5-6,11-14,20H2,(H,22,23). The van der Waals surface area contributed by atoms with Crippen molar-refractivity contribution in [2.75, 3.05) is 31.5 Å². The monoisotopic (exact) mass is 308 g/mol. The molecule has 0 aliphatic carbocycles. The number of benzene rings is 2. The van der Waals surface area contributed by atoms with Crippen molar-refractivity contribution in [3.63, 3.8) is 0 Å². The molecule has 23 heavy (non-hydrogen) atoms. The second kappa shape index (κ2) is 7.90. The van der Waals surface area contributed by atoms with Crippen LogP contribution in [0.1, 0.15) is 12.8 Å². The lowest BCUT2D eigenvalue weighted by Gasteiger charge is -2.13. The Morgan fingerprint density at radius 2 is 1.39 bits per heavy atom. The molecular weight excluding hydrogens is 284 g/mol. The van der Waals surface area contributed by atoms with E-state index in [4.69, 9.17) is 10.7 Å². The van der Waals surface area contributed by atoms with Crippen molar-refractivity contribution in [1.29, 1.82) is 0 Å². The van der Waals surface area contributed by atoms with Crippen LogP contribution in [0.2, 0.25) is 0 Å². The summed E-state index contributed by atoms with van der Waals surface area (Å²) in [4.78, 5) is 4.75. The van der Waals surface area contributed by atoms with Crippen LogP contribution in [-0.2, 0) is 0 Å². The Hall–Kier alpha value is -2.17. The Labute approximate surface area is 137 Å². The molecule has 0 amide bonds. The van der Waals surface area contributed by atoms with Gasteiger partial charge in [-0.15, -0.1) is 0 Å². The molecule has 0 spiro atoms. The van der Waals surface area contributed by atoms with Crippen molar-refractivity contribution in [2.24, 2.45) is 5.73 Å². The summed E-state index contributed by atoms with van der Waals surface area (Å²) < 4.78 is 0. The predicted molar refractivity (Wildman–Crippen MR) is 98.9 cm³/mol. The van der Waals surface area contributed by atoms with E-state index in [-0.39, 0.29) is 0 Å². The molecule has 0 unspecified atom stereocenters. The van der Waals surface area contributed by atoms with Gasteiger partial charge in [-0.25, -0.2) is 4.98 Å². The molecule has 1 aromatic heterocycles. The summed E-state index contributed by atoms with van der Waals surface area (Å²) in [5.41, 5.74) is 8.75. The Morgan fingerprint density at radius 1 is 0.783 bits per heavy atom. The van der Waals surface area contributed by atoms with E-state index < -0.39 is 0 Å². The first-order valence-corrected chi connectivity index (χ1v) is 8.32. The molecule has 3 aromatic rings. The van der Waals surface area contributed by atoms with E-state index in [0.29, 0.717) is 0 Å². The van der Waals surface area contributed by atoms with Gasteiger partial charge in [0.2, 0.25) is 0 Å². The Morgan fingerprint density at radius 3 is 2.04 bits per heavy atom. The number of fused-ring (bicyclic) bond motifs is 2. The van der Waals surface area contributed by atoms with Gasteiger partial charge in [0.15, 0.2) is 0 Å². The molecule has 2 aromatic carbocycles. The first-order chi connectivity index (χ1) is 11.4. The molecule has 0 saturated carbocycles. The molecule has 1 heterocycles. The van der Waals surface area contributed by atoms with E-state index in [1.54, 1.807) is 0 Å². The Bertz CT molecular complexity index is 716. The number of rotatable bonds is 8. The molecule has 120 valence electrons. The van der Waals surface area contributed by atoms with Gasteiger partial charge < -0.3 is 16.4 Å². The first kappa shape index (κ1) is 15.7. The summed E-state index contributed by atoms with van der Waals surface area (Å²) in [7, 11) is 0. The van der Waals surface area contributed by atoms with Gasteiger partial charge in [-0.1, -0.05) is 36.4 Å². The number of nitrogens with two attached hydrogens (primary N) is 1. The van der Waals surface area contributed by atoms with Gasteiger partial charge in [0.05, 0.1) is 16.7 Å². The van der Waals surface area contributed by atoms with Gasteiger partial charge in [-0.2, -0.15) is 0 Å². The maximum Gasteiger partial charge on any atom is 0.0730 e. The third-order valence-electron chi connectivity index (χ3n) is 3.98. The van der Waals surface area contributed by atoms with E-state index >= 15 is 0 Å². The smallest absolute Gasteiger partial charge is 0.0730 e. The van der Waals surface area contributed by atoms with Crippen molar-refractivity contribution in [1.82, 2.24) is 10.3 Å². The van der Waals surface area contributed by atoms with Crippen LogP contribution >= 0.6 is 0 Å². The van der Waals surface area contributed by atoms with Crippen LogP contribution < -0.4 is 16.4 Å². The zero-order valence-corrected chi connectivity index (χ0v) is 13.4. The fourth-order valence-electron chi connectivity index (χ4n) is 2.81. The molecule has 0 saturated heterocycles. The number of pyridine rings is 1. The number of nitrogens with zero attached hydrogens (tertiary/aromatic N) is 1. The fraction of sp³-hybridized carbons (Fsp3) is 0.316. The van der Waals surface area contributed by atoms with Crippen LogP contribution in [0.5, 0.6) is 0 Å². The highest BCUT2D eigenvalue weighted by molar-refractivity contribution is 6.07. The molecule has 4 N–H and O–H groups in total. The summed E-state index contributed by atoms with van der Waals surface area (Å²) in [5.74, 6) is 0. The van der Waals surface area contributed by atoms with Crippen molar-refractivity contribution in [2.45, 2.75) is 12.8 Å². The minimum atomic E-state index is 0.750. The maximum atomic E-state index is 5.49. The van der Waals surface area contributed by atoms with E-state index in [9.17, 15) is 0 Å². The highest BCUT2D eigenvalue weighted by atomic mass is 14.9. The van der Waals surface area contributed by atoms with E-state index in [2.05, 4.69) is 47.0 Å². The van der Waals surface area contributed by atoms with Gasteiger partial charge in [0.25, 0.3) is 0 Å². The summed E-state index contributed by atoms with van der Waals surface area (Å²) in [6, 6.07) is 16.6. The van der Waals surface area contributed by atoms with Crippen LogP contribution in [0.4, 0.5) is 5.69 Å². The van der Waals surface area contributed by atoms with Crippen LogP contribution in [0.3, 0.4) is 0 Å². The lowest BCUT2D eigenvalue weighted by Crippen LogP contribution is -2.21. The minimum Gasteiger partial charge on any atom is -0.384 e. The van der Waals surface area contributed by atoms with E-state index in [1.807, 2.05) is 12.1 Å². The average Bonchev–Trinajstić information content (AvgIpc) is 2.60. The van der Waals surface area contributed by atoms with Crippen LogP contribution in [0.25, 0.3) is 21.8 Å². The second-order valence-corrected chi connectivity index (χ2v) is 5.69. The van der Waals surface area contributed by atoms with Crippen LogP contribution in [-0.4, -0.2) is 31.2 Å². The van der Waals surface area contributed by atoms with Crippen molar-refractivity contribution < 1.29 is 0 Å². The third kappa shape index (κ3) is 3.78. The predicted octanol–water partition coefficient (Wildman–Crippen LogP) is 3.13. The summed E-state index contributed by atoms with van der Waals surface area (Å²) in [6.45, 7) is 3.69. The number of anilines is 1. The summed E-state index contributed by atoms with van der Waals surface area (Å²) in [5, 5.41) is 9.40. The maximum absolute atomic E-state index is 5.49. The van der Waals surface area contributed by atoms with E-state index in [1.165, 1.54) is 16.5 Å². The molecule has 0 fully saturated rings. The fourth-order valence-corrected chi connectivity index (χ4v) is 2.81. The molecule has 4 heteroatoms. The lowest BCUT2D eigenvalue weighted by molar-refractivity contribution is 0.637. The summed E-state index contributed by atoms with van der Waals surface area (Å²) >= 11 is 0. The van der Waals surface area contributed by atoms with Gasteiger partial charge in [0, 0.05) is 17.3 Å². The molecule has 0 bridgehead atoms. The number of hydrogen-bond donors (Lipinski definition) is 3. The normalized spacial score (nSPS) is 11.2. The van der Waals surface area contributed by atoms with Crippen molar-refractivity contribution in [3.8, 4) is 0 Å².